The van der Waals surface area contributed by atoms with E-state index in [4.69, 9.17) is 5.73 Å². The van der Waals surface area contributed by atoms with E-state index in [1.165, 1.54) is 0 Å². The molecular formula is C13H17N3O. The van der Waals surface area contributed by atoms with E-state index in [0.717, 1.165) is 31.5 Å². The van der Waals surface area contributed by atoms with E-state index in [0.29, 0.717) is 18.3 Å². The van der Waals surface area contributed by atoms with E-state index < -0.39 is 0 Å². The summed E-state index contributed by atoms with van der Waals surface area (Å²) in [5.41, 5.74) is 7.24. The highest BCUT2D eigenvalue weighted by Crippen LogP contribution is 2.37. The van der Waals surface area contributed by atoms with Crippen LogP contribution in [-0.4, -0.2) is 28.5 Å². The minimum Gasteiger partial charge on any atom is -0.397 e. The van der Waals surface area contributed by atoms with Crippen LogP contribution in [0.1, 0.15) is 35.8 Å². The summed E-state index contributed by atoms with van der Waals surface area (Å²) in [6, 6.07) is 2.30. The summed E-state index contributed by atoms with van der Waals surface area (Å²) in [6.45, 7) is 1.53. The Hall–Kier alpha value is -1.71. The number of nitrogen functional groups attached to an aromatic ring is 1. The number of nitrogens with zero attached hydrogens (tertiary/aromatic N) is 2. The van der Waals surface area contributed by atoms with Gasteiger partial charge in [0, 0.05) is 25.3 Å². The third-order valence-electron chi connectivity index (χ3n) is 3.37. The number of hydrogen-bond donors (Lipinski definition) is 1. The third kappa shape index (κ3) is 1.95. The van der Waals surface area contributed by atoms with Crippen molar-refractivity contribution in [3.05, 3.63) is 30.1 Å². The van der Waals surface area contributed by atoms with Gasteiger partial charge in [0.2, 0.25) is 0 Å². The lowest BCUT2D eigenvalue weighted by molar-refractivity contribution is 0.0760. The number of carbonyl (C=O) groups is 1. The highest BCUT2D eigenvalue weighted by atomic mass is 16.2. The van der Waals surface area contributed by atoms with E-state index in [-0.39, 0.29) is 5.91 Å². The number of amides is 1. The van der Waals surface area contributed by atoms with Gasteiger partial charge in [-0.1, -0.05) is 12.2 Å². The smallest absolute Gasteiger partial charge is 0.270 e. The molecule has 0 atom stereocenters. The van der Waals surface area contributed by atoms with E-state index >= 15 is 0 Å². The molecule has 0 bridgehead atoms. The molecule has 2 heterocycles. The van der Waals surface area contributed by atoms with E-state index in [2.05, 4.69) is 16.7 Å². The van der Waals surface area contributed by atoms with Crippen molar-refractivity contribution in [2.75, 3.05) is 18.8 Å². The summed E-state index contributed by atoms with van der Waals surface area (Å²) in [6.07, 6.45) is 9.34. The quantitative estimate of drug-likeness (QED) is 0.789. The Bertz CT molecular complexity index is 471. The van der Waals surface area contributed by atoms with Gasteiger partial charge in [0.1, 0.15) is 5.69 Å². The predicted octanol–water partition coefficient (Wildman–Crippen LogP) is 1.81. The second-order valence-corrected chi connectivity index (χ2v) is 4.81. The van der Waals surface area contributed by atoms with Crippen LogP contribution in [0, 0.1) is 0 Å². The van der Waals surface area contributed by atoms with Gasteiger partial charge in [-0.2, -0.15) is 0 Å². The Morgan fingerprint density at radius 3 is 2.82 bits per heavy atom. The van der Waals surface area contributed by atoms with Crippen LogP contribution >= 0.6 is 0 Å². The molecule has 1 saturated carbocycles. The lowest BCUT2D eigenvalue weighted by atomic mass is 10.2. The van der Waals surface area contributed by atoms with Crippen LogP contribution in [0.5, 0.6) is 0 Å². The van der Waals surface area contributed by atoms with E-state index in [1.54, 1.807) is 6.07 Å². The van der Waals surface area contributed by atoms with Crippen LogP contribution in [-0.2, 0) is 0 Å². The first-order chi connectivity index (χ1) is 8.25. The molecule has 1 aliphatic heterocycles. The molecule has 1 aromatic rings. The van der Waals surface area contributed by atoms with Crippen LogP contribution in [0.2, 0.25) is 0 Å². The molecule has 0 spiro atoms. The minimum absolute atomic E-state index is 0.109. The molecule has 2 N–H and O–H groups in total. The molecule has 0 aromatic carbocycles. The summed E-state index contributed by atoms with van der Waals surface area (Å²) >= 11 is 0. The fraction of sp³-hybridized carbons (Fsp3) is 0.462. The van der Waals surface area contributed by atoms with E-state index in [1.807, 2.05) is 11.1 Å². The molecule has 3 rings (SSSR count). The topological polar surface area (TPSA) is 51.3 Å². The summed E-state index contributed by atoms with van der Waals surface area (Å²) in [5, 5.41) is 0. The second kappa shape index (κ2) is 3.95. The predicted molar refractivity (Wildman–Crippen MR) is 66.8 cm³/mol. The number of rotatable bonds is 2. The van der Waals surface area contributed by atoms with Gasteiger partial charge < -0.3 is 15.2 Å². The van der Waals surface area contributed by atoms with Crippen LogP contribution in [0.25, 0.3) is 0 Å². The molecular weight excluding hydrogens is 214 g/mol. The first kappa shape index (κ1) is 10.4. The Morgan fingerprint density at radius 1 is 1.35 bits per heavy atom. The van der Waals surface area contributed by atoms with Crippen molar-refractivity contribution in [2.24, 2.45) is 0 Å². The van der Waals surface area contributed by atoms with Crippen molar-refractivity contribution >= 4 is 11.6 Å². The number of anilines is 1. The van der Waals surface area contributed by atoms with Gasteiger partial charge in [0.25, 0.3) is 5.91 Å². The summed E-state index contributed by atoms with van der Waals surface area (Å²) in [7, 11) is 0. The molecule has 1 fully saturated rings. The lowest BCUT2D eigenvalue weighted by Gasteiger charge is -2.23. The number of carbonyl (C=O) groups excluding carboxylic acids is 1. The first-order valence-electron chi connectivity index (χ1n) is 6.17. The number of nitrogens with two attached hydrogens (primary N) is 1. The van der Waals surface area contributed by atoms with Gasteiger partial charge in [-0.3, -0.25) is 4.79 Å². The Kier molecular flexibility index (Phi) is 2.42. The standard InChI is InChI=1S/C13H17N3O/c14-10-8-12(16(9-10)11-4-5-11)13(17)15-6-2-1-3-7-15/h1-2,8-9,11H,3-7,14H2. The SMILES string of the molecule is Nc1cc(C(=O)N2CC=CCC2)n(C2CC2)c1. The summed E-state index contributed by atoms with van der Waals surface area (Å²) in [5.74, 6) is 0.109. The molecule has 90 valence electrons. The highest BCUT2D eigenvalue weighted by molar-refractivity contribution is 5.94. The Labute approximate surface area is 101 Å². The Morgan fingerprint density at radius 2 is 2.18 bits per heavy atom. The minimum atomic E-state index is 0.109. The van der Waals surface area contributed by atoms with Crippen LogP contribution < -0.4 is 5.73 Å². The molecule has 4 heteroatoms. The van der Waals surface area contributed by atoms with Crippen molar-refractivity contribution in [3.8, 4) is 0 Å². The maximum atomic E-state index is 12.4. The normalized spacial score (nSPS) is 19.6. The van der Waals surface area contributed by atoms with Crippen LogP contribution in [0.3, 0.4) is 0 Å². The van der Waals surface area contributed by atoms with E-state index in [9.17, 15) is 4.79 Å². The van der Waals surface area contributed by atoms with Crippen molar-refractivity contribution in [1.82, 2.24) is 9.47 Å². The van der Waals surface area contributed by atoms with Crippen molar-refractivity contribution in [3.63, 3.8) is 0 Å². The van der Waals surface area contributed by atoms with Crippen LogP contribution in [0.15, 0.2) is 24.4 Å². The van der Waals surface area contributed by atoms with Crippen molar-refractivity contribution in [2.45, 2.75) is 25.3 Å². The first-order valence-corrected chi connectivity index (χ1v) is 6.17. The van der Waals surface area contributed by atoms with Crippen molar-refractivity contribution in [1.29, 1.82) is 0 Å². The van der Waals surface area contributed by atoms with Gasteiger partial charge in [0.05, 0.1) is 5.69 Å². The zero-order chi connectivity index (χ0) is 11.8. The monoisotopic (exact) mass is 231 g/mol. The average Bonchev–Trinajstić information content (AvgIpc) is 3.13. The number of hydrogen-bond acceptors (Lipinski definition) is 2. The Balaban J connectivity index is 1.87. The largest absolute Gasteiger partial charge is 0.397 e. The molecule has 1 aromatic heterocycles. The van der Waals surface area contributed by atoms with Gasteiger partial charge in [-0.05, 0) is 25.3 Å². The molecule has 0 saturated heterocycles. The molecule has 0 radical (unpaired) electrons. The van der Waals surface area contributed by atoms with Crippen molar-refractivity contribution < 1.29 is 4.79 Å². The summed E-state index contributed by atoms with van der Waals surface area (Å²) in [4.78, 5) is 14.3. The van der Waals surface area contributed by atoms with Crippen LogP contribution in [0.4, 0.5) is 5.69 Å². The van der Waals surface area contributed by atoms with Gasteiger partial charge >= 0.3 is 0 Å². The number of aromatic nitrogens is 1. The van der Waals surface area contributed by atoms with Gasteiger partial charge in [-0.15, -0.1) is 0 Å². The molecule has 4 nitrogen and oxygen atoms in total. The molecule has 2 aliphatic rings. The fourth-order valence-electron chi connectivity index (χ4n) is 2.31. The maximum absolute atomic E-state index is 12.4. The fourth-order valence-corrected chi connectivity index (χ4v) is 2.31. The third-order valence-corrected chi connectivity index (χ3v) is 3.37. The molecule has 1 aliphatic carbocycles. The average molecular weight is 231 g/mol. The zero-order valence-corrected chi connectivity index (χ0v) is 9.80. The lowest BCUT2D eigenvalue weighted by Crippen LogP contribution is -2.34. The van der Waals surface area contributed by atoms with Gasteiger partial charge in [0.15, 0.2) is 0 Å². The highest BCUT2D eigenvalue weighted by Gasteiger charge is 2.29. The van der Waals surface area contributed by atoms with Gasteiger partial charge in [-0.25, -0.2) is 0 Å². The molecule has 1 amide bonds. The zero-order valence-electron chi connectivity index (χ0n) is 9.80. The second-order valence-electron chi connectivity index (χ2n) is 4.81. The maximum Gasteiger partial charge on any atom is 0.270 e. The molecule has 17 heavy (non-hydrogen) atoms. The molecule has 0 unspecified atom stereocenters. The summed E-state index contributed by atoms with van der Waals surface area (Å²) < 4.78 is 2.05.